The monoisotopic (exact) mass is 355 g/mol. The van der Waals surface area contributed by atoms with E-state index in [4.69, 9.17) is 4.43 Å². The molecule has 0 heterocycles. The lowest BCUT2D eigenvalue weighted by atomic mass is 9.82. The molecule has 0 aliphatic heterocycles. The highest BCUT2D eigenvalue weighted by molar-refractivity contribution is 6.74. The zero-order valence-electron chi connectivity index (χ0n) is 14.6. The molecule has 1 rings (SSSR count). The van der Waals surface area contributed by atoms with Gasteiger partial charge < -0.3 is 4.43 Å². The third-order valence-electron chi connectivity index (χ3n) is 5.23. The van der Waals surface area contributed by atoms with Crippen LogP contribution in [0.3, 0.4) is 0 Å². The molecule has 0 saturated heterocycles. The van der Waals surface area contributed by atoms with Gasteiger partial charge in [0.25, 0.3) is 0 Å². The van der Waals surface area contributed by atoms with Crippen molar-refractivity contribution >= 4 is 8.32 Å². The predicted molar refractivity (Wildman–Crippen MR) is 85.5 cm³/mol. The standard InChI is InChI=1S/C15H28F3NO3Si/c1-14(2,3)23(4,5)22-12(11-9-7-6-8-10-11)13(19(20)21)15(16,17)18/h11-13H,6-10H2,1-5H3/t12-,13-/m0/s1. The quantitative estimate of drug-likeness (QED) is 0.389. The Morgan fingerprint density at radius 3 is 1.96 bits per heavy atom. The predicted octanol–water partition coefficient (Wildman–Crippen LogP) is 5.16. The van der Waals surface area contributed by atoms with Crippen molar-refractivity contribution in [2.75, 3.05) is 0 Å². The molecule has 136 valence electrons. The number of halogens is 3. The van der Waals surface area contributed by atoms with E-state index in [0.717, 1.165) is 19.3 Å². The van der Waals surface area contributed by atoms with E-state index < -0.39 is 37.5 Å². The fourth-order valence-corrected chi connectivity index (χ4v) is 4.18. The Balaban J connectivity index is 3.17. The number of nitrogens with zero attached hydrogens (tertiary/aromatic N) is 1. The smallest absolute Gasteiger partial charge is 0.406 e. The Morgan fingerprint density at radius 1 is 1.13 bits per heavy atom. The first kappa shape index (κ1) is 20.4. The fourth-order valence-electron chi connectivity index (χ4n) is 2.82. The van der Waals surface area contributed by atoms with Crippen LogP contribution in [0, 0.1) is 16.0 Å². The zero-order valence-corrected chi connectivity index (χ0v) is 15.6. The van der Waals surface area contributed by atoms with E-state index in [9.17, 15) is 23.3 Å². The second-order valence-electron chi connectivity index (χ2n) is 8.01. The van der Waals surface area contributed by atoms with E-state index in [1.807, 2.05) is 33.9 Å². The summed E-state index contributed by atoms with van der Waals surface area (Å²) in [5, 5.41) is 10.9. The van der Waals surface area contributed by atoms with Gasteiger partial charge in [-0.15, -0.1) is 0 Å². The fraction of sp³-hybridized carbons (Fsp3) is 1.00. The van der Waals surface area contributed by atoms with Gasteiger partial charge in [0.2, 0.25) is 0 Å². The summed E-state index contributed by atoms with van der Waals surface area (Å²) < 4.78 is 46.0. The van der Waals surface area contributed by atoms with Crippen LogP contribution in [0.5, 0.6) is 0 Å². The first-order valence-corrected chi connectivity index (χ1v) is 11.1. The van der Waals surface area contributed by atoms with E-state index >= 15 is 0 Å². The van der Waals surface area contributed by atoms with Gasteiger partial charge >= 0.3 is 12.2 Å². The minimum atomic E-state index is -4.89. The molecule has 1 saturated carbocycles. The van der Waals surface area contributed by atoms with Crippen LogP contribution >= 0.6 is 0 Å². The molecule has 8 heteroatoms. The molecular weight excluding hydrogens is 327 g/mol. The summed E-state index contributed by atoms with van der Waals surface area (Å²) in [6.07, 6.45) is -2.55. The Kier molecular flexibility index (Phi) is 6.29. The third kappa shape index (κ3) is 5.17. The van der Waals surface area contributed by atoms with E-state index in [1.165, 1.54) is 0 Å². The summed E-state index contributed by atoms with van der Waals surface area (Å²) in [7, 11) is -2.54. The highest BCUT2D eigenvalue weighted by atomic mass is 28.4. The van der Waals surface area contributed by atoms with Crippen molar-refractivity contribution in [2.45, 2.75) is 89.3 Å². The lowest BCUT2D eigenvalue weighted by molar-refractivity contribution is -0.575. The molecule has 0 unspecified atom stereocenters. The van der Waals surface area contributed by atoms with Gasteiger partial charge in [0.05, 0.1) is 0 Å². The lowest BCUT2D eigenvalue weighted by Gasteiger charge is -2.42. The molecule has 0 bridgehead atoms. The lowest BCUT2D eigenvalue weighted by Crippen LogP contribution is -2.56. The number of nitro groups is 1. The maximum absolute atomic E-state index is 13.3. The summed E-state index contributed by atoms with van der Waals surface area (Å²) in [4.78, 5) is 9.98. The Labute approximate surface area is 137 Å². The Morgan fingerprint density at radius 2 is 1.61 bits per heavy atom. The van der Waals surface area contributed by atoms with E-state index in [2.05, 4.69) is 0 Å². The average molecular weight is 355 g/mol. The van der Waals surface area contributed by atoms with Crippen LogP contribution in [-0.2, 0) is 4.43 Å². The summed E-state index contributed by atoms with van der Waals surface area (Å²) in [5.74, 6) is -0.394. The van der Waals surface area contributed by atoms with Gasteiger partial charge in [-0.2, -0.15) is 13.2 Å². The van der Waals surface area contributed by atoms with Crippen LogP contribution in [0.25, 0.3) is 0 Å². The van der Waals surface area contributed by atoms with Gasteiger partial charge in [0.1, 0.15) is 6.10 Å². The third-order valence-corrected chi connectivity index (χ3v) is 9.70. The second-order valence-corrected chi connectivity index (χ2v) is 12.8. The molecule has 0 aromatic heterocycles. The molecule has 0 aromatic rings. The molecule has 0 amide bonds. The van der Waals surface area contributed by atoms with Crippen LogP contribution in [0.4, 0.5) is 13.2 Å². The highest BCUT2D eigenvalue weighted by Crippen LogP contribution is 2.42. The largest absolute Gasteiger partial charge is 0.460 e. The summed E-state index contributed by atoms with van der Waals surface area (Å²) in [5.41, 5.74) is 0. The molecule has 23 heavy (non-hydrogen) atoms. The molecule has 0 aromatic carbocycles. The molecule has 0 N–H and O–H groups in total. The van der Waals surface area contributed by atoms with Crippen LogP contribution in [-0.4, -0.2) is 31.6 Å². The van der Waals surface area contributed by atoms with Crippen LogP contribution in [0.1, 0.15) is 52.9 Å². The van der Waals surface area contributed by atoms with Gasteiger partial charge in [-0.25, -0.2) is 0 Å². The van der Waals surface area contributed by atoms with Crippen molar-refractivity contribution in [3.63, 3.8) is 0 Å². The highest BCUT2D eigenvalue weighted by Gasteiger charge is 2.59. The normalized spacial score (nSPS) is 21.0. The van der Waals surface area contributed by atoms with Crippen LogP contribution in [0.15, 0.2) is 0 Å². The maximum Gasteiger partial charge on any atom is 0.460 e. The zero-order chi connectivity index (χ0) is 18.1. The molecule has 0 spiro atoms. The molecular formula is C15H28F3NO3Si. The topological polar surface area (TPSA) is 52.4 Å². The maximum atomic E-state index is 13.3. The number of alkyl halides is 3. The first-order valence-electron chi connectivity index (χ1n) is 8.15. The molecule has 0 radical (unpaired) electrons. The van der Waals surface area contributed by atoms with Gasteiger partial charge in [0.15, 0.2) is 8.32 Å². The van der Waals surface area contributed by atoms with Gasteiger partial charge in [-0.1, -0.05) is 40.0 Å². The average Bonchev–Trinajstić information content (AvgIpc) is 2.35. The van der Waals surface area contributed by atoms with Crippen molar-refractivity contribution in [1.29, 1.82) is 0 Å². The number of hydrogen-bond acceptors (Lipinski definition) is 3. The van der Waals surface area contributed by atoms with Crippen LogP contribution in [0.2, 0.25) is 18.1 Å². The summed E-state index contributed by atoms with van der Waals surface area (Å²) in [6.45, 7) is 9.45. The van der Waals surface area contributed by atoms with Gasteiger partial charge in [-0.3, -0.25) is 10.1 Å². The second kappa shape index (κ2) is 7.09. The first-order chi connectivity index (χ1) is 10.3. The summed E-state index contributed by atoms with van der Waals surface area (Å²) >= 11 is 0. The molecule has 1 fully saturated rings. The Hall–Kier alpha value is -0.633. The van der Waals surface area contributed by atoms with Crippen molar-refractivity contribution in [3.8, 4) is 0 Å². The molecule has 2 atom stereocenters. The SMILES string of the molecule is CC(C)(C)[Si](C)(C)O[C@@H](C1CCCCC1)[C@H]([N+](=O)[O-])C(F)(F)F. The van der Waals surface area contributed by atoms with Crippen LogP contribution < -0.4 is 0 Å². The molecule has 1 aliphatic carbocycles. The van der Waals surface area contributed by atoms with Gasteiger partial charge in [-0.05, 0) is 36.9 Å². The molecule has 1 aliphatic rings. The minimum absolute atomic E-state index is 0.299. The van der Waals surface area contributed by atoms with E-state index in [1.54, 1.807) is 0 Å². The minimum Gasteiger partial charge on any atom is -0.406 e. The van der Waals surface area contributed by atoms with Gasteiger partial charge in [0, 0.05) is 4.92 Å². The van der Waals surface area contributed by atoms with Crippen molar-refractivity contribution in [3.05, 3.63) is 10.1 Å². The number of rotatable bonds is 5. The molecule has 4 nitrogen and oxygen atoms in total. The van der Waals surface area contributed by atoms with Crippen molar-refractivity contribution < 1.29 is 22.5 Å². The van der Waals surface area contributed by atoms with E-state index in [-0.39, 0.29) is 5.04 Å². The number of hydrogen-bond donors (Lipinski definition) is 0. The Bertz CT molecular complexity index is 415. The van der Waals surface area contributed by atoms with Crippen molar-refractivity contribution in [2.24, 2.45) is 5.92 Å². The summed E-state index contributed by atoms with van der Waals surface area (Å²) in [6, 6.07) is -2.64. The van der Waals surface area contributed by atoms with E-state index in [0.29, 0.717) is 12.8 Å². The van der Waals surface area contributed by atoms with Crippen molar-refractivity contribution in [1.82, 2.24) is 0 Å².